The van der Waals surface area contributed by atoms with Crippen molar-refractivity contribution in [3.05, 3.63) is 93.3 Å². The number of ether oxygens (including phenoxy) is 1. The van der Waals surface area contributed by atoms with Crippen LogP contribution in [0.2, 0.25) is 0 Å². The molecule has 2 N–H and O–H groups in total. The number of nitro benzene ring substituents is 1. The molecule has 0 saturated carbocycles. The van der Waals surface area contributed by atoms with Crippen LogP contribution in [-0.2, 0) is 0 Å². The maximum atomic E-state index is 14.5. The number of nitrogens with zero attached hydrogens (tertiary/aromatic N) is 2. The Morgan fingerprint density at radius 1 is 1.12 bits per heavy atom. The second-order valence-electron chi connectivity index (χ2n) is 6.75. The highest BCUT2D eigenvalue weighted by Crippen LogP contribution is 2.31. The molecule has 0 unspecified atom stereocenters. The Morgan fingerprint density at radius 3 is 2.44 bits per heavy atom. The summed E-state index contributed by atoms with van der Waals surface area (Å²) in [5, 5.41) is 16.1. The maximum absolute atomic E-state index is 14.5. The zero-order valence-electron chi connectivity index (χ0n) is 17.2. The van der Waals surface area contributed by atoms with Crippen LogP contribution in [0.1, 0.15) is 27.7 Å². The van der Waals surface area contributed by atoms with E-state index in [0.717, 1.165) is 24.3 Å². The molecule has 0 aliphatic rings. The number of alkyl halides is 3. The van der Waals surface area contributed by atoms with Gasteiger partial charge in [-0.3, -0.25) is 19.9 Å². The summed E-state index contributed by atoms with van der Waals surface area (Å²) in [6, 6.07) is 6.64. The van der Waals surface area contributed by atoms with Crippen LogP contribution in [0, 0.1) is 21.7 Å². The standard InChI is InChI=1S/C21H15F5N4O4/c1-27-15-10-12(4-6-16(15)30(32)33)20(31)29-18(19-13(22)3-2-8-28-19)11-5-7-17(14(23)9-11)34-21(24,25)26/h2-10,18,27H,1H3,(H,29,31)/t18-/m0/s1. The van der Waals surface area contributed by atoms with Crippen molar-refractivity contribution in [1.29, 1.82) is 0 Å². The Hall–Kier alpha value is -4.29. The smallest absolute Gasteiger partial charge is 0.403 e. The predicted molar refractivity (Wildman–Crippen MR) is 109 cm³/mol. The first-order chi connectivity index (χ1) is 16.0. The Balaban J connectivity index is 2.00. The van der Waals surface area contributed by atoms with Gasteiger partial charge in [0.1, 0.15) is 17.2 Å². The number of amides is 1. The van der Waals surface area contributed by atoms with E-state index < -0.39 is 40.6 Å². The minimum absolute atomic E-state index is 0.0258. The Bertz CT molecular complexity index is 1240. The summed E-state index contributed by atoms with van der Waals surface area (Å²) in [4.78, 5) is 27.2. The predicted octanol–water partition coefficient (Wildman–Crippen LogP) is 4.73. The molecule has 0 fully saturated rings. The van der Waals surface area contributed by atoms with E-state index >= 15 is 0 Å². The van der Waals surface area contributed by atoms with Crippen LogP contribution in [0.3, 0.4) is 0 Å². The van der Waals surface area contributed by atoms with E-state index in [1.807, 2.05) is 0 Å². The molecular formula is C21H15F5N4O4. The highest BCUT2D eigenvalue weighted by Gasteiger charge is 2.33. The van der Waals surface area contributed by atoms with Gasteiger partial charge in [-0.05, 0) is 42.0 Å². The monoisotopic (exact) mass is 482 g/mol. The fraction of sp³-hybridized carbons (Fsp3) is 0.143. The van der Waals surface area contributed by atoms with Gasteiger partial charge in [-0.2, -0.15) is 0 Å². The van der Waals surface area contributed by atoms with Crippen LogP contribution >= 0.6 is 0 Å². The number of nitrogens with one attached hydrogen (secondary N) is 2. The molecule has 3 aromatic rings. The number of carbonyl (C=O) groups excluding carboxylic acids is 1. The third-order valence-electron chi connectivity index (χ3n) is 4.58. The quantitative estimate of drug-likeness (QED) is 0.287. The topological polar surface area (TPSA) is 106 Å². The summed E-state index contributed by atoms with van der Waals surface area (Å²) in [5.74, 6) is -4.23. The lowest BCUT2D eigenvalue weighted by atomic mass is 10.0. The van der Waals surface area contributed by atoms with Crippen molar-refractivity contribution in [2.45, 2.75) is 12.4 Å². The lowest BCUT2D eigenvalue weighted by Crippen LogP contribution is -2.31. The molecule has 1 amide bonds. The van der Waals surface area contributed by atoms with Gasteiger partial charge < -0.3 is 15.4 Å². The molecule has 0 aliphatic carbocycles. The summed E-state index contributed by atoms with van der Waals surface area (Å²) in [6.45, 7) is 0. The number of nitro groups is 1. The third-order valence-corrected chi connectivity index (χ3v) is 4.58. The van der Waals surface area contributed by atoms with Crippen LogP contribution in [0.5, 0.6) is 5.75 Å². The molecule has 1 heterocycles. The fourth-order valence-corrected chi connectivity index (χ4v) is 3.08. The number of carbonyl (C=O) groups is 1. The number of hydrogen-bond acceptors (Lipinski definition) is 6. The molecule has 0 saturated heterocycles. The fourth-order valence-electron chi connectivity index (χ4n) is 3.08. The molecule has 2 aromatic carbocycles. The lowest BCUT2D eigenvalue weighted by Gasteiger charge is -2.20. The van der Waals surface area contributed by atoms with Crippen LogP contribution in [0.4, 0.5) is 33.3 Å². The highest BCUT2D eigenvalue weighted by atomic mass is 19.4. The number of hydrogen-bond donors (Lipinski definition) is 2. The molecule has 8 nitrogen and oxygen atoms in total. The molecule has 0 radical (unpaired) electrons. The molecule has 13 heteroatoms. The minimum Gasteiger partial charge on any atom is -0.403 e. The van der Waals surface area contributed by atoms with E-state index in [-0.39, 0.29) is 28.2 Å². The van der Waals surface area contributed by atoms with Gasteiger partial charge in [-0.15, -0.1) is 13.2 Å². The third kappa shape index (κ3) is 5.54. The van der Waals surface area contributed by atoms with E-state index in [2.05, 4.69) is 20.4 Å². The first-order valence-electron chi connectivity index (χ1n) is 9.43. The first kappa shape index (κ1) is 24.4. The normalized spacial score (nSPS) is 12.1. The molecule has 1 aromatic heterocycles. The van der Waals surface area contributed by atoms with Gasteiger partial charge in [0, 0.05) is 24.9 Å². The second kappa shape index (κ2) is 9.68. The van der Waals surface area contributed by atoms with Gasteiger partial charge in [0.25, 0.3) is 11.6 Å². The zero-order valence-corrected chi connectivity index (χ0v) is 17.2. The van der Waals surface area contributed by atoms with E-state index in [1.54, 1.807) is 0 Å². The van der Waals surface area contributed by atoms with Crippen LogP contribution in [0.25, 0.3) is 0 Å². The van der Waals surface area contributed by atoms with Crippen LogP contribution in [0.15, 0.2) is 54.7 Å². The van der Waals surface area contributed by atoms with Crippen molar-refractivity contribution in [2.24, 2.45) is 0 Å². The van der Waals surface area contributed by atoms with Crippen molar-refractivity contribution in [3.63, 3.8) is 0 Å². The Morgan fingerprint density at radius 2 is 1.85 bits per heavy atom. The van der Waals surface area contributed by atoms with E-state index in [0.29, 0.717) is 12.1 Å². The number of pyridine rings is 1. The van der Waals surface area contributed by atoms with Crippen molar-refractivity contribution in [1.82, 2.24) is 10.3 Å². The summed E-state index contributed by atoms with van der Waals surface area (Å²) in [6.07, 6.45) is -3.93. The van der Waals surface area contributed by atoms with Crippen LogP contribution in [-0.4, -0.2) is 29.2 Å². The molecule has 0 aliphatic heterocycles. The summed E-state index contributed by atoms with van der Waals surface area (Å²) < 4.78 is 69.7. The molecule has 1 atom stereocenters. The number of anilines is 1. The van der Waals surface area contributed by atoms with E-state index in [4.69, 9.17) is 0 Å². The van der Waals surface area contributed by atoms with Gasteiger partial charge in [0.15, 0.2) is 11.6 Å². The van der Waals surface area contributed by atoms with Gasteiger partial charge in [0.05, 0.1) is 11.0 Å². The Labute approximate surface area is 188 Å². The molecular weight excluding hydrogens is 467 g/mol. The average Bonchev–Trinajstić information content (AvgIpc) is 2.78. The zero-order chi connectivity index (χ0) is 25.0. The van der Waals surface area contributed by atoms with Crippen molar-refractivity contribution >= 4 is 17.3 Å². The number of rotatable bonds is 7. The number of aromatic nitrogens is 1. The largest absolute Gasteiger partial charge is 0.573 e. The first-order valence-corrected chi connectivity index (χ1v) is 9.43. The van der Waals surface area contributed by atoms with Gasteiger partial charge in [-0.1, -0.05) is 6.07 Å². The number of halogens is 5. The molecule has 3 rings (SSSR count). The molecule has 34 heavy (non-hydrogen) atoms. The van der Waals surface area contributed by atoms with Gasteiger partial charge >= 0.3 is 6.36 Å². The van der Waals surface area contributed by atoms with E-state index in [1.165, 1.54) is 25.4 Å². The molecule has 0 spiro atoms. The summed E-state index contributed by atoms with van der Waals surface area (Å²) >= 11 is 0. The van der Waals surface area contributed by atoms with E-state index in [9.17, 15) is 36.9 Å². The molecule has 178 valence electrons. The lowest BCUT2D eigenvalue weighted by molar-refractivity contribution is -0.383. The SMILES string of the molecule is CNc1cc(C(=O)N[C@@H](c2ccc(OC(F)(F)F)c(F)c2)c2ncccc2F)ccc1[N+](=O)[O-]. The van der Waals surface area contributed by atoms with Gasteiger partial charge in [0.2, 0.25) is 0 Å². The van der Waals surface area contributed by atoms with Crippen LogP contribution < -0.4 is 15.4 Å². The second-order valence-corrected chi connectivity index (χ2v) is 6.75. The summed E-state index contributed by atoms with van der Waals surface area (Å²) in [7, 11) is 1.41. The van der Waals surface area contributed by atoms with Gasteiger partial charge in [-0.25, -0.2) is 8.78 Å². The average molecular weight is 482 g/mol. The van der Waals surface area contributed by atoms with Crippen molar-refractivity contribution < 1.29 is 36.4 Å². The number of benzene rings is 2. The Kier molecular flexibility index (Phi) is 6.94. The van der Waals surface area contributed by atoms with Crippen molar-refractivity contribution in [3.8, 4) is 5.75 Å². The molecule has 0 bridgehead atoms. The highest BCUT2D eigenvalue weighted by molar-refractivity contribution is 5.96. The summed E-state index contributed by atoms with van der Waals surface area (Å²) in [5.41, 5.74) is -0.801. The van der Waals surface area contributed by atoms with Crippen molar-refractivity contribution in [2.75, 3.05) is 12.4 Å². The maximum Gasteiger partial charge on any atom is 0.573 e. The minimum atomic E-state index is -5.13.